The van der Waals surface area contributed by atoms with Crippen molar-refractivity contribution in [1.82, 2.24) is 8.87 Å². The summed E-state index contributed by atoms with van der Waals surface area (Å²) in [6, 6.07) is 10.2. The summed E-state index contributed by atoms with van der Waals surface area (Å²) in [5.74, 6) is -0.517. The number of benzene rings is 2. The second kappa shape index (κ2) is 8.57. The highest BCUT2D eigenvalue weighted by Gasteiger charge is 2.30. The summed E-state index contributed by atoms with van der Waals surface area (Å²) >= 11 is 1.17. The molecular weight excluding hydrogens is 452 g/mol. The fraction of sp³-hybridized carbons (Fsp3) is 0.333. The largest absolute Gasteiger partial charge is 0.319 e. The molecule has 1 saturated heterocycles. The Bertz CT molecular complexity index is 1370. The van der Waals surface area contributed by atoms with E-state index in [9.17, 15) is 23.3 Å². The monoisotopic (exact) mass is 474 g/mol. The molecule has 1 unspecified atom stereocenters. The van der Waals surface area contributed by atoms with E-state index in [0.717, 1.165) is 24.8 Å². The number of sulfonamides is 1. The summed E-state index contributed by atoms with van der Waals surface area (Å²) in [6.07, 6.45) is 2.70. The number of hydrogen-bond acceptors (Lipinski definition) is 6. The summed E-state index contributed by atoms with van der Waals surface area (Å²) in [4.78, 5) is 27.9. The molecule has 2 heterocycles. The maximum absolute atomic E-state index is 13.0. The van der Waals surface area contributed by atoms with Crippen molar-refractivity contribution < 1.29 is 18.1 Å². The molecule has 0 aliphatic carbocycles. The molecule has 1 amide bonds. The lowest BCUT2D eigenvalue weighted by Crippen LogP contribution is -2.41. The number of non-ortho nitro benzene ring substituents is 1. The van der Waals surface area contributed by atoms with E-state index in [1.54, 1.807) is 17.7 Å². The number of amides is 1. The van der Waals surface area contributed by atoms with Crippen LogP contribution in [0.3, 0.4) is 0 Å². The van der Waals surface area contributed by atoms with Gasteiger partial charge in [0.25, 0.3) is 11.6 Å². The lowest BCUT2D eigenvalue weighted by molar-refractivity contribution is -0.384. The standard InChI is InChI=1S/C21H22N4O5S2/c1-14-5-3-4-12-24(14)32(29,30)17-9-6-15(7-10-17)20(26)22-21-23(2)18-11-8-16(25(27)28)13-19(18)31-21/h6-11,13-14H,3-5,12H2,1-2H3. The third-order valence-corrected chi connectivity index (χ3v) is 8.77. The van der Waals surface area contributed by atoms with E-state index in [1.165, 1.54) is 52.0 Å². The van der Waals surface area contributed by atoms with Crippen LogP contribution in [0.1, 0.15) is 36.5 Å². The molecule has 1 aliphatic rings. The lowest BCUT2D eigenvalue weighted by Gasteiger charge is -2.32. The molecule has 168 valence electrons. The molecule has 0 spiro atoms. The van der Waals surface area contributed by atoms with Crippen LogP contribution in [-0.4, -0.2) is 40.7 Å². The molecular formula is C21H22N4O5S2. The lowest BCUT2D eigenvalue weighted by atomic mass is 10.1. The van der Waals surface area contributed by atoms with Gasteiger partial charge in [-0.1, -0.05) is 17.8 Å². The maximum Gasteiger partial charge on any atom is 0.279 e. The summed E-state index contributed by atoms with van der Waals surface area (Å²) in [5, 5.41) is 11.0. The Morgan fingerprint density at radius 3 is 2.56 bits per heavy atom. The third kappa shape index (κ3) is 4.10. The number of hydrogen-bond donors (Lipinski definition) is 0. The van der Waals surface area contributed by atoms with Crippen LogP contribution in [0.4, 0.5) is 5.69 Å². The molecule has 0 bridgehead atoms. The fourth-order valence-corrected chi connectivity index (χ4v) is 6.58. The summed E-state index contributed by atoms with van der Waals surface area (Å²) in [6.45, 7) is 2.41. The Kier molecular flexibility index (Phi) is 5.97. The Labute approximate surface area is 188 Å². The molecule has 1 aliphatic heterocycles. The van der Waals surface area contributed by atoms with Gasteiger partial charge in [-0.2, -0.15) is 9.30 Å². The van der Waals surface area contributed by atoms with Crippen LogP contribution >= 0.6 is 11.3 Å². The van der Waals surface area contributed by atoms with E-state index in [0.29, 0.717) is 16.0 Å². The van der Waals surface area contributed by atoms with Gasteiger partial charge in [0, 0.05) is 37.3 Å². The van der Waals surface area contributed by atoms with Gasteiger partial charge in [0.15, 0.2) is 4.80 Å². The first-order chi connectivity index (χ1) is 15.2. The molecule has 9 nitrogen and oxygen atoms in total. The number of rotatable bonds is 4. The number of fused-ring (bicyclic) bond motifs is 1. The van der Waals surface area contributed by atoms with E-state index in [-0.39, 0.29) is 22.2 Å². The number of piperidine rings is 1. The van der Waals surface area contributed by atoms with Crippen molar-refractivity contribution in [2.75, 3.05) is 6.54 Å². The quantitative estimate of drug-likeness (QED) is 0.424. The van der Waals surface area contributed by atoms with Crippen molar-refractivity contribution in [2.24, 2.45) is 12.0 Å². The first kappa shape index (κ1) is 22.3. The number of nitro groups is 1. The van der Waals surface area contributed by atoms with E-state index in [2.05, 4.69) is 4.99 Å². The summed E-state index contributed by atoms with van der Waals surface area (Å²) in [7, 11) is -1.89. The first-order valence-corrected chi connectivity index (χ1v) is 12.4. The number of aromatic nitrogens is 1. The second-order valence-electron chi connectivity index (χ2n) is 7.75. The van der Waals surface area contributed by atoms with Crippen molar-refractivity contribution in [1.29, 1.82) is 0 Å². The second-order valence-corrected chi connectivity index (χ2v) is 10.7. The zero-order valence-electron chi connectivity index (χ0n) is 17.6. The SMILES string of the molecule is CC1CCCCN1S(=O)(=O)c1ccc(C(=O)N=c2sc3cc([N+](=O)[O-])ccc3n2C)cc1. The zero-order valence-corrected chi connectivity index (χ0v) is 19.2. The van der Waals surface area contributed by atoms with Crippen LogP contribution in [0.2, 0.25) is 0 Å². The van der Waals surface area contributed by atoms with Crippen LogP contribution in [0.15, 0.2) is 52.4 Å². The Morgan fingerprint density at radius 1 is 1.19 bits per heavy atom. The third-order valence-electron chi connectivity index (χ3n) is 5.65. The van der Waals surface area contributed by atoms with Crippen molar-refractivity contribution in [2.45, 2.75) is 37.1 Å². The molecule has 0 N–H and O–H groups in total. The summed E-state index contributed by atoms with van der Waals surface area (Å²) in [5.41, 5.74) is 0.959. The topological polar surface area (TPSA) is 115 Å². The van der Waals surface area contributed by atoms with Gasteiger partial charge >= 0.3 is 0 Å². The highest BCUT2D eigenvalue weighted by molar-refractivity contribution is 7.89. The van der Waals surface area contributed by atoms with Gasteiger partial charge in [-0.25, -0.2) is 8.42 Å². The molecule has 2 aromatic carbocycles. The minimum absolute atomic E-state index is 0.0305. The molecule has 1 fully saturated rings. The van der Waals surface area contributed by atoms with Gasteiger partial charge in [-0.05, 0) is 50.1 Å². The molecule has 0 radical (unpaired) electrons. The van der Waals surface area contributed by atoms with E-state index in [1.807, 2.05) is 6.92 Å². The molecule has 1 atom stereocenters. The number of nitrogens with zero attached hydrogens (tertiary/aromatic N) is 4. The molecule has 0 saturated carbocycles. The number of carbonyl (C=O) groups is 1. The number of nitro benzene ring substituents is 1. The predicted molar refractivity (Wildman–Crippen MR) is 121 cm³/mol. The Morgan fingerprint density at radius 2 is 1.91 bits per heavy atom. The van der Waals surface area contributed by atoms with Crippen molar-refractivity contribution in [3.8, 4) is 0 Å². The first-order valence-electron chi connectivity index (χ1n) is 10.1. The molecule has 3 aromatic rings. The fourth-order valence-electron chi connectivity index (χ4n) is 3.83. The van der Waals surface area contributed by atoms with Crippen molar-refractivity contribution in [3.63, 3.8) is 0 Å². The minimum Gasteiger partial charge on any atom is -0.319 e. The average molecular weight is 475 g/mol. The maximum atomic E-state index is 13.0. The van der Waals surface area contributed by atoms with E-state index < -0.39 is 20.9 Å². The minimum atomic E-state index is -3.61. The van der Waals surface area contributed by atoms with Crippen LogP contribution in [0, 0.1) is 10.1 Å². The van der Waals surface area contributed by atoms with Gasteiger partial charge < -0.3 is 4.57 Å². The zero-order chi connectivity index (χ0) is 23.0. The van der Waals surface area contributed by atoms with Crippen LogP contribution < -0.4 is 4.80 Å². The smallest absolute Gasteiger partial charge is 0.279 e. The number of carbonyl (C=O) groups excluding carboxylic acids is 1. The van der Waals surface area contributed by atoms with Gasteiger partial charge in [-0.3, -0.25) is 14.9 Å². The molecule has 4 rings (SSSR count). The van der Waals surface area contributed by atoms with Crippen molar-refractivity contribution >= 4 is 43.2 Å². The highest BCUT2D eigenvalue weighted by atomic mass is 32.2. The average Bonchev–Trinajstić information content (AvgIpc) is 3.08. The van der Waals surface area contributed by atoms with Gasteiger partial charge in [0.1, 0.15) is 0 Å². The van der Waals surface area contributed by atoms with Gasteiger partial charge in [0.2, 0.25) is 10.0 Å². The Hall–Kier alpha value is -2.89. The predicted octanol–water partition coefficient (Wildman–Crippen LogP) is 3.45. The summed E-state index contributed by atoms with van der Waals surface area (Å²) < 4.78 is 29.8. The Balaban J connectivity index is 1.62. The normalized spacial score (nSPS) is 18.2. The van der Waals surface area contributed by atoms with Crippen molar-refractivity contribution in [3.05, 3.63) is 62.9 Å². The number of aryl methyl sites for hydroxylation is 1. The van der Waals surface area contributed by atoms with Gasteiger partial charge in [0.05, 0.1) is 20.0 Å². The molecule has 32 heavy (non-hydrogen) atoms. The number of thiazole rings is 1. The molecule has 11 heteroatoms. The van der Waals surface area contributed by atoms with E-state index >= 15 is 0 Å². The van der Waals surface area contributed by atoms with Crippen LogP contribution in [-0.2, 0) is 17.1 Å². The van der Waals surface area contributed by atoms with Crippen LogP contribution in [0.5, 0.6) is 0 Å². The highest BCUT2D eigenvalue weighted by Crippen LogP contribution is 2.26. The molecule has 1 aromatic heterocycles. The van der Waals surface area contributed by atoms with Gasteiger partial charge in [-0.15, -0.1) is 0 Å². The van der Waals surface area contributed by atoms with E-state index in [4.69, 9.17) is 0 Å². The van der Waals surface area contributed by atoms with Crippen LogP contribution in [0.25, 0.3) is 10.2 Å².